The van der Waals surface area contributed by atoms with E-state index >= 15 is 0 Å². The molecule has 2 aromatic rings. The molecule has 0 aromatic heterocycles. The van der Waals surface area contributed by atoms with E-state index in [0.717, 1.165) is 0 Å². The van der Waals surface area contributed by atoms with Crippen LogP contribution >= 0.6 is 0 Å². The predicted octanol–water partition coefficient (Wildman–Crippen LogP) is 4.14. The van der Waals surface area contributed by atoms with Crippen molar-refractivity contribution < 1.29 is 19.1 Å². The van der Waals surface area contributed by atoms with Crippen molar-refractivity contribution in [2.24, 2.45) is 0 Å². The molecule has 0 amide bonds. The van der Waals surface area contributed by atoms with Crippen LogP contribution in [0.1, 0.15) is 41.5 Å². The summed E-state index contributed by atoms with van der Waals surface area (Å²) < 4.78 is 10.2. The SMILES string of the molecule is CC.COc1ccc(OC(=O)c2ccc(C(C)=O)cc2)cc1. The number of hydrogen-bond donors (Lipinski definition) is 0. The lowest BCUT2D eigenvalue weighted by atomic mass is 10.1. The molecule has 2 aromatic carbocycles. The first-order chi connectivity index (χ1) is 10.6. The fraction of sp³-hybridized carbons (Fsp3) is 0.222. The predicted molar refractivity (Wildman–Crippen MR) is 85.7 cm³/mol. The van der Waals surface area contributed by atoms with Gasteiger partial charge in [0.05, 0.1) is 12.7 Å². The van der Waals surface area contributed by atoms with Gasteiger partial charge in [-0.2, -0.15) is 0 Å². The van der Waals surface area contributed by atoms with Crippen molar-refractivity contribution in [1.82, 2.24) is 0 Å². The van der Waals surface area contributed by atoms with Crippen LogP contribution < -0.4 is 9.47 Å². The third kappa shape index (κ3) is 4.74. The van der Waals surface area contributed by atoms with Crippen LogP contribution in [0, 0.1) is 0 Å². The number of rotatable bonds is 4. The molecule has 0 fully saturated rings. The number of ether oxygens (including phenoxy) is 2. The van der Waals surface area contributed by atoms with Gasteiger partial charge in [-0.25, -0.2) is 4.79 Å². The maximum absolute atomic E-state index is 11.9. The Kier molecular flexibility index (Phi) is 6.83. The van der Waals surface area contributed by atoms with Crippen LogP contribution in [0.15, 0.2) is 48.5 Å². The lowest BCUT2D eigenvalue weighted by Crippen LogP contribution is -2.08. The average Bonchev–Trinajstić information content (AvgIpc) is 2.57. The second kappa shape index (κ2) is 8.62. The molecule has 0 aliphatic rings. The molecule has 0 saturated heterocycles. The largest absolute Gasteiger partial charge is 0.497 e. The first-order valence-corrected chi connectivity index (χ1v) is 7.07. The Morgan fingerprint density at radius 1 is 0.773 bits per heavy atom. The molecule has 0 bridgehead atoms. The smallest absolute Gasteiger partial charge is 0.343 e. The van der Waals surface area contributed by atoms with Gasteiger partial charge in [0.15, 0.2) is 5.78 Å². The summed E-state index contributed by atoms with van der Waals surface area (Å²) in [5.74, 6) is 0.618. The van der Waals surface area contributed by atoms with Gasteiger partial charge in [0, 0.05) is 5.56 Å². The molecule has 0 radical (unpaired) electrons. The number of hydrogen-bond acceptors (Lipinski definition) is 4. The molecule has 0 heterocycles. The van der Waals surface area contributed by atoms with E-state index in [1.54, 1.807) is 55.6 Å². The molecule has 0 aliphatic carbocycles. The van der Waals surface area contributed by atoms with Gasteiger partial charge in [0.2, 0.25) is 0 Å². The normalized spacial score (nSPS) is 9.27. The van der Waals surface area contributed by atoms with Crippen LogP contribution in [-0.2, 0) is 0 Å². The average molecular weight is 300 g/mol. The van der Waals surface area contributed by atoms with E-state index in [4.69, 9.17) is 9.47 Å². The molecular formula is C18H20O4. The number of Topliss-reactive ketones (excluding diaryl/α,β-unsaturated/α-hetero) is 1. The minimum absolute atomic E-state index is 0.0416. The van der Waals surface area contributed by atoms with Crippen molar-refractivity contribution in [2.45, 2.75) is 20.8 Å². The third-order valence-corrected chi connectivity index (χ3v) is 2.80. The standard InChI is InChI=1S/C16H14O4.C2H6/c1-11(17)12-3-5-13(6-4-12)16(18)20-15-9-7-14(19-2)8-10-15;1-2/h3-10H,1-2H3;1-2H3. The van der Waals surface area contributed by atoms with Gasteiger partial charge >= 0.3 is 5.97 Å². The Balaban J connectivity index is 0.00000116. The molecular weight excluding hydrogens is 280 g/mol. The summed E-state index contributed by atoms with van der Waals surface area (Å²) in [6, 6.07) is 13.1. The number of carbonyl (C=O) groups excluding carboxylic acids is 2. The summed E-state index contributed by atoms with van der Waals surface area (Å²) in [6.07, 6.45) is 0. The minimum Gasteiger partial charge on any atom is -0.497 e. The number of methoxy groups -OCH3 is 1. The highest BCUT2D eigenvalue weighted by Crippen LogP contribution is 2.18. The zero-order valence-electron chi connectivity index (χ0n) is 13.3. The van der Waals surface area contributed by atoms with Crippen molar-refractivity contribution in [1.29, 1.82) is 0 Å². The van der Waals surface area contributed by atoms with Gasteiger partial charge < -0.3 is 9.47 Å². The Morgan fingerprint density at radius 3 is 1.68 bits per heavy atom. The van der Waals surface area contributed by atoms with Crippen LogP contribution in [0.5, 0.6) is 11.5 Å². The van der Waals surface area contributed by atoms with Crippen molar-refractivity contribution in [3.05, 3.63) is 59.7 Å². The second-order valence-corrected chi connectivity index (χ2v) is 4.20. The van der Waals surface area contributed by atoms with Crippen molar-refractivity contribution in [3.8, 4) is 11.5 Å². The number of ketones is 1. The van der Waals surface area contributed by atoms with Gasteiger partial charge in [-0.3, -0.25) is 4.79 Å². The summed E-state index contributed by atoms with van der Waals surface area (Å²) in [5.41, 5.74) is 0.955. The van der Waals surface area contributed by atoms with Crippen molar-refractivity contribution >= 4 is 11.8 Å². The summed E-state index contributed by atoms with van der Waals surface area (Å²) in [6.45, 7) is 5.48. The van der Waals surface area contributed by atoms with Crippen LogP contribution in [0.4, 0.5) is 0 Å². The topological polar surface area (TPSA) is 52.6 Å². The summed E-state index contributed by atoms with van der Waals surface area (Å²) in [4.78, 5) is 23.1. The molecule has 0 unspecified atom stereocenters. The summed E-state index contributed by atoms with van der Waals surface area (Å²) in [7, 11) is 1.57. The molecule has 4 heteroatoms. The van der Waals surface area contributed by atoms with E-state index in [9.17, 15) is 9.59 Å². The highest BCUT2D eigenvalue weighted by Gasteiger charge is 2.09. The first-order valence-electron chi connectivity index (χ1n) is 7.07. The van der Waals surface area contributed by atoms with Crippen LogP contribution in [0.25, 0.3) is 0 Å². The quantitative estimate of drug-likeness (QED) is 0.483. The van der Waals surface area contributed by atoms with E-state index in [1.165, 1.54) is 6.92 Å². The Morgan fingerprint density at radius 2 is 1.23 bits per heavy atom. The first kappa shape index (κ1) is 17.4. The molecule has 22 heavy (non-hydrogen) atoms. The van der Waals surface area contributed by atoms with Gasteiger partial charge in [-0.15, -0.1) is 0 Å². The maximum atomic E-state index is 11.9. The Labute approximate surface area is 130 Å². The third-order valence-electron chi connectivity index (χ3n) is 2.80. The molecule has 0 atom stereocenters. The van der Waals surface area contributed by atoms with E-state index in [2.05, 4.69) is 0 Å². The van der Waals surface area contributed by atoms with Crippen LogP contribution in [0.2, 0.25) is 0 Å². The maximum Gasteiger partial charge on any atom is 0.343 e. The lowest BCUT2D eigenvalue weighted by molar-refractivity contribution is 0.0734. The zero-order chi connectivity index (χ0) is 16.5. The van der Waals surface area contributed by atoms with Gasteiger partial charge in [-0.1, -0.05) is 26.0 Å². The summed E-state index contributed by atoms with van der Waals surface area (Å²) in [5, 5.41) is 0. The van der Waals surface area contributed by atoms with E-state index in [0.29, 0.717) is 22.6 Å². The van der Waals surface area contributed by atoms with E-state index in [1.807, 2.05) is 13.8 Å². The Hall–Kier alpha value is -2.62. The van der Waals surface area contributed by atoms with Gasteiger partial charge in [-0.05, 0) is 43.3 Å². The number of benzene rings is 2. The highest BCUT2D eigenvalue weighted by molar-refractivity contribution is 5.96. The van der Waals surface area contributed by atoms with Gasteiger partial charge in [0.25, 0.3) is 0 Å². The zero-order valence-corrected chi connectivity index (χ0v) is 13.3. The van der Waals surface area contributed by atoms with Crippen molar-refractivity contribution in [3.63, 3.8) is 0 Å². The highest BCUT2D eigenvalue weighted by atomic mass is 16.5. The second-order valence-electron chi connectivity index (χ2n) is 4.20. The number of carbonyl (C=O) groups is 2. The molecule has 0 aliphatic heterocycles. The Bertz CT molecular complexity index is 613. The molecule has 116 valence electrons. The monoisotopic (exact) mass is 300 g/mol. The molecule has 0 spiro atoms. The van der Waals surface area contributed by atoms with E-state index < -0.39 is 5.97 Å². The number of esters is 1. The molecule has 2 rings (SSSR count). The van der Waals surface area contributed by atoms with Gasteiger partial charge in [0.1, 0.15) is 11.5 Å². The molecule has 0 saturated carbocycles. The lowest BCUT2D eigenvalue weighted by Gasteiger charge is -2.05. The summed E-state index contributed by atoms with van der Waals surface area (Å²) >= 11 is 0. The van der Waals surface area contributed by atoms with E-state index in [-0.39, 0.29) is 5.78 Å². The fourth-order valence-corrected chi connectivity index (χ4v) is 1.65. The fourth-order valence-electron chi connectivity index (χ4n) is 1.65. The minimum atomic E-state index is -0.467. The van der Waals surface area contributed by atoms with Crippen LogP contribution in [0.3, 0.4) is 0 Å². The molecule has 4 nitrogen and oxygen atoms in total. The van der Waals surface area contributed by atoms with Crippen molar-refractivity contribution in [2.75, 3.05) is 7.11 Å². The van der Waals surface area contributed by atoms with Crippen LogP contribution in [-0.4, -0.2) is 18.9 Å². The molecule has 0 N–H and O–H groups in total.